The average Bonchev–Trinajstić information content (AvgIpc) is 2.63. The minimum Gasteiger partial charge on any atom is -0.365 e. The first-order valence-corrected chi connectivity index (χ1v) is 9.08. The van der Waals surface area contributed by atoms with Crippen molar-refractivity contribution in [1.29, 1.82) is 0 Å². The molecule has 3 aliphatic rings. The molecule has 6 heteroatoms. The van der Waals surface area contributed by atoms with Gasteiger partial charge in [0.2, 0.25) is 0 Å². The van der Waals surface area contributed by atoms with Crippen LogP contribution in [0.15, 0.2) is 42.6 Å². The van der Waals surface area contributed by atoms with E-state index in [2.05, 4.69) is 20.5 Å². The highest BCUT2D eigenvalue weighted by Gasteiger charge is 2.34. The third-order valence-electron chi connectivity index (χ3n) is 5.11. The zero-order chi connectivity index (χ0) is 17.2. The Morgan fingerprint density at radius 1 is 1.20 bits per heavy atom. The Hall–Kier alpha value is -2.11. The first-order valence-electron chi connectivity index (χ1n) is 8.70. The molecule has 130 valence electrons. The largest absolute Gasteiger partial charge is 0.365 e. The molecule has 3 aliphatic heterocycles. The number of rotatable bonds is 4. The Balaban J connectivity index is 1.51. The molecule has 2 bridgehead atoms. The molecule has 1 aromatic carbocycles. The predicted molar refractivity (Wildman–Crippen MR) is 100 cm³/mol. The molecule has 3 fully saturated rings. The number of benzene rings is 1. The molecule has 0 spiro atoms. The number of piperidine rings is 3. The van der Waals surface area contributed by atoms with Crippen molar-refractivity contribution in [3.8, 4) is 0 Å². The van der Waals surface area contributed by atoms with Crippen LogP contribution in [0.5, 0.6) is 0 Å². The molecule has 0 saturated carbocycles. The number of pyridine rings is 1. The monoisotopic (exact) mass is 356 g/mol. The lowest BCUT2D eigenvalue weighted by atomic mass is 9.84. The summed E-state index contributed by atoms with van der Waals surface area (Å²) in [5.74, 6) is 1.13. The highest BCUT2D eigenvalue weighted by Crippen LogP contribution is 2.30. The predicted octanol–water partition coefficient (Wildman–Crippen LogP) is 3.49. The van der Waals surface area contributed by atoms with E-state index in [1.807, 2.05) is 12.1 Å². The molecule has 2 aromatic rings. The summed E-state index contributed by atoms with van der Waals surface area (Å²) < 4.78 is 0. The van der Waals surface area contributed by atoms with E-state index in [0.29, 0.717) is 34.1 Å². The van der Waals surface area contributed by atoms with Crippen LogP contribution in [0.25, 0.3) is 0 Å². The summed E-state index contributed by atoms with van der Waals surface area (Å²) in [5, 5.41) is 7.01. The second kappa shape index (κ2) is 7.02. The van der Waals surface area contributed by atoms with Gasteiger partial charge < -0.3 is 15.5 Å². The van der Waals surface area contributed by atoms with Crippen molar-refractivity contribution >= 4 is 29.0 Å². The van der Waals surface area contributed by atoms with Gasteiger partial charge in [0.1, 0.15) is 5.82 Å². The van der Waals surface area contributed by atoms with Crippen molar-refractivity contribution in [3.05, 3.63) is 53.2 Å². The second-order valence-corrected chi connectivity index (χ2v) is 7.19. The van der Waals surface area contributed by atoms with E-state index in [-0.39, 0.29) is 5.91 Å². The van der Waals surface area contributed by atoms with Gasteiger partial charge in [-0.25, -0.2) is 4.98 Å². The summed E-state index contributed by atoms with van der Waals surface area (Å²) in [6.07, 6.45) is 4.16. The van der Waals surface area contributed by atoms with Gasteiger partial charge >= 0.3 is 0 Å². The van der Waals surface area contributed by atoms with Gasteiger partial charge in [-0.05, 0) is 62.2 Å². The van der Waals surface area contributed by atoms with Crippen LogP contribution in [0.3, 0.4) is 0 Å². The Morgan fingerprint density at radius 2 is 2.04 bits per heavy atom. The Morgan fingerprint density at radius 3 is 2.76 bits per heavy atom. The number of carbonyl (C=O) groups is 1. The molecule has 0 radical (unpaired) electrons. The number of carbonyl (C=O) groups excluding carboxylic acids is 1. The van der Waals surface area contributed by atoms with Crippen molar-refractivity contribution in [2.24, 2.45) is 5.92 Å². The maximum absolute atomic E-state index is 12.7. The minimum absolute atomic E-state index is 0.181. The van der Waals surface area contributed by atoms with E-state index < -0.39 is 0 Å². The molecule has 1 aromatic heterocycles. The maximum Gasteiger partial charge on any atom is 0.259 e. The number of halogens is 1. The van der Waals surface area contributed by atoms with E-state index in [1.165, 1.54) is 25.9 Å². The fraction of sp³-hybridized carbons (Fsp3) is 0.368. The first kappa shape index (κ1) is 16.4. The van der Waals surface area contributed by atoms with Crippen LogP contribution in [0.1, 0.15) is 23.2 Å². The molecular weight excluding hydrogens is 336 g/mol. The van der Waals surface area contributed by atoms with Crippen LogP contribution >= 0.6 is 11.6 Å². The molecule has 3 saturated heterocycles. The van der Waals surface area contributed by atoms with Crippen LogP contribution in [0.2, 0.25) is 5.02 Å². The summed E-state index contributed by atoms with van der Waals surface area (Å²) in [7, 11) is 0. The second-order valence-electron chi connectivity index (χ2n) is 6.75. The highest BCUT2D eigenvalue weighted by atomic mass is 35.5. The van der Waals surface area contributed by atoms with Gasteiger partial charge in [0.15, 0.2) is 0 Å². The lowest BCUT2D eigenvalue weighted by Crippen LogP contribution is -2.53. The molecule has 5 nitrogen and oxygen atoms in total. The number of anilines is 2. The van der Waals surface area contributed by atoms with E-state index in [0.717, 1.165) is 6.54 Å². The third kappa shape index (κ3) is 3.62. The SMILES string of the molecule is O=C(Nc1cccc(Cl)c1)c1cccnc1NC1CN2CCC1CC2. The number of amides is 1. The summed E-state index contributed by atoms with van der Waals surface area (Å²) in [6.45, 7) is 3.40. The molecule has 5 rings (SSSR count). The van der Waals surface area contributed by atoms with Crippen molar-refractivity contribution in [3.63, 3.8) is 0 Å². The van der Waals surface area contributed by atoms with E-state index in [1.54, 1.807) is 30.5 Å². The Labute approximate surface area is 152 Å². The zero-order valence-corrected chi connectivity index (χ0v) is 14.7. The quantitative estimate of drug-likeness (QED) is 0.880. The number of nitrogens with one attached hydrogen (secondary N) is 2. The van der Waals surface area contributed by atoms with E-state index in [4.69, 9.17) is 11.6 Å². The normalized spacial score (nSPS) is 24.8. The van der Waals surface area contributed by atoms with Gasteiger partial charge in [0, 0.05) is 29.5 Å². The van der Waals surface area contributed by atoms with Crippen molar-refractivity contribution < 1.29 is 4.79 Å². The van der Waals surface area contributed by atoms with Crippen molar-refractivity contribution in [2.75, 3.05) is 30.3 Å². The minimum atomic E-state index is -0.181. The van der Waals surface area contributed by atoms with Crippen LogP contribution in [0.4, 0.5) is 11.5 Å². The van der Waals surface area contributed by atoms with Gasteiger partial charge in [-0.3, -0.25) is 4.79 Å². The fourth-order valence-electron chi connectivity index (χ4n) is 3.77. The van der Waals surface area contributed by atoms with Crippen molar-refractivity contribution in [2.45, 2.75) is 18.9 Å². The van der Waals surface area contributed by atoms with Gasteiger partial charge in [0.25, 0.3) is 5.91 Å². The number of aromatic nitrogens is 1. The fourth-order valence-corrected chi connectivity index (χ4v) is 3.96. The summed E-state index contributed by atoms with van der Waals surface area (Å²) >= 11 is 5.99. The third-order valence-corrected chi connectivity index (χ3v) is 5.35. The summed E-state index contributed by atoms with van der Waals surface area (Å²) in [5.41, 5.74) is 1.23. The topological polar surface area (TPSA) is 57.3 Å². The molecular formula is C19H21ClN4O. The van der Waals surface area contributed by atoms with Gasteiger partial charge in [-0.15, -0.1) is 0 Å². The van der Waals surface area contributed by atoms with Crippen LogP contribution in [-0.2, 0) is 0 Å². The molecule has 0 aliphatic carbocycles. The first-order chi connectivity index (χ1) is 12.2. The Bertz CT molecular complexity index is 774. The number of hydrogen-bond donors (Lipinski definition) is 2. The Kier molecular flexibility index (Phi) is 4.59. The molecule has 4 heterocycles. The molecule has 1 unspecified atom stereocenters. The molecule has 25 heavy (non-hydrogen) atoms. The van der Waals surface area contributed by atoms with Crippen LogP contribution < -0.4 is 10.6 Å². The maximum atomic E-state index is 12.7. The number of fused-ring (bicyclic) bond motifs is 3. The molecule has 2 N–H and O–H groups in total. The van der Waals surface area contributed by atoms with Gasteiger partial charge in [-0.2, -0.15) is 0 Å². The number of nitrogens with zero attached hydrogens (tertiary/aromatic N) is 2. The zero-order valence-electron chi connectivity index (χ0n) is 13.9. The smallest absolute Gasteiger partial charge is 0.259 e. The number of hydrogen-bond acceptors (Lipinski definition) is 4. The van der Waals surface area contributed by atoms with E-state index >= 15 is 0 Å². The standard InChI is InChI=1S/C19H21ClN4O/c20-14-3-1-4-15(11-14)22-19(25)16-5-2-8-21-18(16)23-17-12-24-9-6-13(17)7-10-24/h1-5,8,11,13,17H,6-7,9-10,12H2,(H,21,23)(H,22,25). The van der Waals surface area contributed by atoms with Gasteiger partial charge in [0.05, 0.1) is 5.56 Å². The average molecular weight is 357 g/mol. The van der Waals surface area contributed by atoms with E-state index in [9.17, 15) is 4.79 Å². The van der Waals surface area contributed by atoms with Crippen LogP contribution in [-0.4, -0.2) is 41.5 Å². The van der Waals surface area contributed by atoms with Crippen molar-refractivity contribution in [1.82, 2.24) is 9.88 Å². The highest BCUT2D eigenvalue weighted by molar-refractivity contribution is 6.31. The van der Waals surface area contributed by atoms with Crippen LogP contribution in [0, 0.1) is 5.92 Å². The summed E-state index contributed by atoms with van der Waals surface area (Å²) in [4.78, 5) is 19.6. The lowest BCUT2D eigenvalue weighted by Gasteiger charge is -2.45. The molecule has 1 atom stereocenters. The van der Waals surface area contributed by atoms with Gasteiger partial charge in [-0.1, -0.05) is 17.7 Å². The molecule has 1 amide bonds. The lowest BCUT2D eigenvalue weighted by molar-refractivity contribution is 0.0969. The summed E-state index contributed by atoms with van der Waals surface area (Å²) in [6, 6.07) is 11.1.